The largest absolute Gasteiger partial charge is 0.349 e. The van der Waals surface area contributed by atoms with E-state index in [1.807, 2.05) is 12.1 Å². The lowest BCUT2D eigenvalue weighted by Crippen LogP contribution is -2.34. The van der Waals surface area contributed by atoms with Crippen LogP contribution in [-0.4, -0.2) is 20.9 Å². The number of carbonyl (C=O) groups is 1. The van der Waals surface area contributed by atoms with Crippen LogP contribution in [0.4, 0.5) is 0 Å². The molecule has 0 saturated heterocycles. The lowest BCUT2D eigenvalue weighted by atomic mass is 9.88. The minimum Gasteiger partial charge on any atom is -0.349 e. The van der Waals surface area contributed by atoms with E-state index in [0.29, 0.717) is 0 Å². The monoisotopic (exact) mass is 436 g/mol. The van der Waals surface area contributed by atoms with E-state index in [-0.39, 0.29) is 29.8 Å². The quantitative estimate of drug-likeness (QED) is 0.728. The Labute approximate surface area is 162 Å². The molecule has 138 valence electrons. The third-order valence-electron chi connectivity index (χ3n) is 4.47. The molecular formula is C19H21BrN2O3S. The summed E-state index contributed by atoms with van der Waals surface area (Å²) in [6.45, 7) is 0.0681. The van der Waals surface area contributed by atoms with Gasteiger partial charge in [-0.25, -0.2) is 13.1 Å². The van der Waals surface area contributed by atoms with Crippen LogP contribution in [0.15, 0.2) is 57.9 Å². The zero-order valence-corrected chi connectivity index (χ0v) is 16.6. The van der Waals surface area contributed by atoms with Crippen LogP contribution in [0, 0.1) is 0 Å². The minimum absolute atomic E-state index is 0.00975. The van der Waals surface area contributed by atoms with Crippen LogP contribution in [0.2, 0.25) is 0 Å². The first-order valence-corrected chi connectivity index (χ1v) is 10.9. The SMILES string of the molecule is O=C(CCNS(=O)(=O)c1ccc(Br)cc1)N[C@H]1CCCc2ccccc21. The van der Waals surface area contributed by atoms with Crippen LogP contribution < -0.4 is 10.0 Å². The summed E-state index contributed by atoms with van der Waals surface area (Å²) >= 11 is 3.27. The number of benzene rings is 2. The Kier molecular flexibility index (Phi) is 6.11. The molecule has 2 aromatic carbocycles. The Morgan fingerprint density at radius 2 is 1.85 bits per heavy atom. The molecule has 0 aromatic heterocycles. The van der Waals surface area contributed by atoms with Gasteiger partial charge in [0.25, 0.3) is 0 Å². The predicted octanol–water partition coefficient (Wildman–Crippen LogP) is 3.31. The highest BCUT2D eigenvalue weighted by Gasteiger charge is 2.21. The van der Waals surface area contributed by atoms with Crippen LogP contribution in [0.1, 0.15) is 36.4 Å². The van der Waals surface area contributed by atoms with Crippen molar-refractivity contribution in [3.05, 3.63) is 64.1 Å². The van der Waals surface area contributed by atoms with Crippen molar-refractivity contribution in [2.45, 2.75) is 36.6 Å². The van der Waals surface area contributed by atoms with E-state index in [0.717, 1.165) is 23.7 Å². The fourth-order valence-electron chi connectivity index (χ4n) is 3.17. The van der Waals surface area contributed by atoms with Crippen molar-refractivity contribution in [2.75, 3.05) is 6.54 Å². The second-order valence-corrected chi connectivity index (χ2v) is 9.00. The molecule has 1 atom stereocenters. The number of sulfonamides is 1. The molecule has 7 heteroatoms. The Bertz CT molecular complexity index is 882. The van der Waals surface area contributed by atoms with E-state index in [1.54, 1.807) is 12.1 Å². The third kappa shape index (κ3) is 4.72. The maximum absolute atomic E-state index is 12.2. The van der Waals surface area contributed by atoms with Gasteiger partial charge < -0.3 is 5.32 Å². The normalized spacial score (nSPS) is 16.7. The first-order valence-electron chi connectivity index (χ1n) is 8.58. The number of aryl methyl sites for hydroxylation is 1. The summed E-state index contributed by atoms with van der Waals surface area (Å²) in [5, 5.41) is 3.03. The number of fused-ring (bicyclic) bond motifs is 1. The van der Waals surface area contributed by atoms with Crippen molar-refractivity contribution in [2.24, 2.45) is 0 Å². The van der Waals surface area contributed by atoms with Gasteiger partial charge in [0.05, 0.1) is 10.9 Å². The van der Waals surface area contributed by atoms with Crippen molar-refractivity contribution in [3.63, 3.8) is 0 Å². The van der Waals surface area contributed by atoms with Crippen molar-refractivity contribution >= 4 is 31.9 Å². The lowest BCUT2D eigenvalue weighted by molar-refractivity contribution is -0.121. The molecule has 0 saturated carbocycles. The fourth-order valence-corrected chi connectivity index (χ4v) is 4.46. The average molecular weight is 437 g/mol. The number of carbonyl (C=O) groups excluding carboxylic acids is 1. The van der Waals surface area contributed by atoms with E-state index in [4.69, 9.17) is 0 Å². The molecule has 1 aliphatic carbocycles. The van der Waals surface area contributed by atoms with E-state index in [1.165, 1.54) is 23.3 Å². The number of halogens is 1. The zero-order valence-electron chi connectivity index (χ0n) is 14.2. The third-order valence-corrected chi connectivity index (χ3v) is 6.48. The van der Waals surface area contributed by atoms with Crippen molar-refractivity contribution in [1.82, 2.24) is 10.0 Å². The van der Waals surface area contributed by atoms with Gasteiger partial charge in [-0.1, -0.05) is 40.2 Å². The predicted molar refractivity (Wildman–Crippen MR) is 104 cm³/mol. The second-order valence-electron chi connectivity index (χ2n) is 6.31. The van der Waals surface area contributed by atoms with E-state index in [9.17, 15) is 13.2 Å². The molecule has 0 unspecified atom stereocenters. The number of amides is 1. The summed E-state index contributed by atoms with van der Waals surface area (Å²) in [6.07, 6.45) is 3.09. The summed E-state index contributed by atoms with van der Waals surface area (Å²) < 4.78 is 27.7. The smallest absolute Gasteiger partial charge is 0.240 e. The Hall–Kier alpha value is -1.70. The molecule has 0 fully saturated rings. The van der Waals surface area contributed by atoms with Crippen LogP contribution >= 0.6 is 15.9 Å². The zero-order chi connectivity index (χ0) is 18.6. The second kappa shape index (κ2) is 8.33. The van der Waals surface area contributed by atoms with Gasteiger partial charge >= 0.3 is 0 Å². The highest BCUT2D eigenvalue weighted by atomic mass is 79.9. The number of hydrogen-bond acceptors (Lipinski definition) is 3. The first-order chi connectivity index (χ1) is 12.5. The summed E-state index contributed by atoms with van der Waals surface area (Å²) in [4.78, 5) is 12.4. The van der Waals surface area contributed by atoms with E-state index < -0.39 is 10.0 Å². The van der Waals surface area contributed by atoms with Crippen LogP contribution in [-0.2, 0) is 21.2 Å². The van der Waals surface area contributed by atoms with Crippen LogP contribution in [0.5, 0.6) is 0 Å². The minimum atomic E-state index is -3.61. The first kappa shape index (κ1) is 19.1. The van der Waals surface area contributed by atoms with Crippen LogP contribution in [0.25, 0.3) is 0 Å². The summed E-state index contributed by atoms with van der Waals surface area (Å²) in [5.74, 6) is -0.148. The molecule has 2 N–H and O–H groups in total. The molecule has 3 rings (SSSR count). The molecular weight excluding hydrogens is 416 g/mol. The van der Waals surface area contributed by atoms with Crippen LogP contribution in [0.3, 0.4) is 0 Å². The van der Waals surface area contributed by atoms with E-state index >= 15 is 0 Å². The topological polar surface area (TPSA) is 75.3 Å². The van der Waals surface area contributed by atoms with Gasteiger partial charge in [-0.3, -0.25) is 4.79 Å². The average Bonchev–Trinajstić information content (AvgIpc) is 2.62. The Morgan fingerprint density at radius 3 is 2.62 bits per heavy atom. The Balaban J connectivity index is 1.53. The molecule has 1 aliphatic rings. The van der Waals surface area contributed by atoms with Gasteiger partial charge in [0.2, 0.25) is 15.9 Å². The van der Waals surface area contributed by atoms with Crippen molar-refractivity contribution in [3.8, 4) is 0 Å². The molecule has 2 aromatic rings. The van der Waals surface area contributed by atoms with Gasteiger partial charge in [-0.05, 0) is 54.7 Å². The standard InChI is InChI=1S/C19H21BrN2O3S/c20-15-8-10-16(11-9-15)26(24,25)21-13-12-19(23)22-18-7-3-5-14-4-1-2-6-17(14)18/h1-2,4,6,8-11,18,21H,3,5,7,12-13H2,(H,22,23)/t18-/m0/s1. The molecule has 26 heavy (non-hydrogen) atoms. The molecule has 0 aliphatic heterocycles. The number of nitrogens with one attached hydrogen (secondary N) is 2. The van der Waals surface area contributed by atoms with Gasteiger partial charge in [-0.2, -0.15) is 0 Å². The fraction of sp³-hybridized carbons (Fsp3) is 0.316. The molecule has 0 spiro atoms. The van der Waals surface area contributed by atoms with Crippen molar-refractivity contribution < 1.29 is 13.2 Å². The molecule has 0 bridgehead atoms. The maximum Gasteiger partial charge on any atom is 0.240 e. The molecule has 5 nitrogen and oxygen atoms in total. The van der Waals surface area contributed by atoms with Gasteiger partial charge in [0.1, 0.15) is 0 Å². The highest BCUT2D eigenvalue weighted by Crippen LogP contribution is 2.29. The molecule has 0 heterocycles. The van der Waals surface area contributed by atoms with Gasteiger partial charge in [0.15, 0.2) is 0 Å². The van der Waals surface area contributed by atoms with Gasteiger partial charge in [0, 0.05) is 17.4 Å². The van der Waals surface area contributed by atoms with Crippen molar-refractivity contribution in [1.29, 1.82) is 0 Å². The summed E-state index contributed by atoms with van der Waals surface area (Å²) in [6, 6.07) is 14.5. The molecule has 0 radical (unpaired) electrons. The highest BCUT2D eigenvalue weighted by molar-refractivity contribution is 9.10. The number of hydrogen-bond donors (Lipinski definition) is 2. The van der Waals surface area contributed by atoms with Gasteiger partial charge in [-0.15, -0.1) is 0 Å². The maximum atomic E-state index is 12.2. The van der Waals surface area contributed by atoms with E-state index in [2.05, 4.69) is 38.1 Å². The Morgan fingerprint density at radius 1 is 1.12 bits per heavy atom. The summed E-state index contributed by atoms with van der Waals surface area (Å²) in [7, 11) is -3.61. The molecule has 1 amide bonds. The lowest BCUT2D eigenvalue weighted by Gasteiger charge is -2.26. The number of rotatable bonds is 6. The summed E-state index contributed by atoms with van der Waals surface area (Å²) in [5.41, 5.74) is 2.45.